The Bertz CT molecular complexity index is 598. The molecule has 0 atom stereocenters. The summed E-state index contributed by atoms with van der Waals surface area (Å²) in [4.78, 5) is 15.9. The zero-order valence-corrected chi connectivity index (χ0v) is 17.0. The number of benzene rings is 1. The molecule has 0 radical (unpaired) electrons. The molecule has 0 aliphatic heterocycles. The molecule has 0 saturated heterocycles. The minimum atomic E-state index is -2.87. The van der Waals surface area contributed by atoms with Crippen molar-refractivity contribution in [3.63, 3.8) is 0 Å². The molecule has 0 heterocycles. The Balaban J connectivity index is 0.00000338. The topological polar surface area (TPSA) is 74.8 Å². The number of ether oxygens (including phenoxy) is 1. The quantitative estimate of drug-likeness (QED) is 0.219. The van der Waals surface area contributed by atoms with Crippen LogP contribution in [-0.4, -0.2) is 38.1 Å². The fraction of sp³-hybridized carbons (Fsp3) is 0.529. The van der Waals surface area contributed by atoms with E-state index in [9.17, 15) is 13.6 Å². The SMILES string of the molecule is CCNC(=NCc1ccccc1OC(F)F)NCCNC(=O)C1CC1.I. The van der Waals surface area contributed by atoms with Crippen LogP contribution in [-0.2, 0) is 11.3 Å². The van der Waals surface area contributed by atoms with Crippen molar-refractivity contribution < 1.29 is 18.3 Å². The molecule has 0 unspecified atom stereocenters. The first-order valence-electron chi connectivity index (χ1n) is 8.42. The van der Waals surface area contributed by atoms with E-state index in [-0.39, 0.29) is 48.1 Å². The van der Waals surface area contributed by atoms with E-state index in [1.54, 1.807) is 18.2 Å². The van der Waals surface area contributed by atoms with Crippen molar-refractivity contribution in [2.45, 2.75) is 32.9 Å². The third-order valence-electron chi connectivity index (χ3n) is 3.61. The molecule has 0 spiro atoms. The average Bonchev–Trinajstić information content (AvgIpc) is 3.42. The number of guanidine groups is 1. The summed E-state index contributed by atoms with van der Waals surface area (Å²) < 4.78 is 29.4. The molecule has 1 aromatic carbocycles. The number of nitrogens with one attached hydrogen (secondary N) is 3. The van der Waals surface area contributed by atoms with Gasteiger partial charge in [0.1, 0.15) is 5.75 Å². The molecular weight excluding hydrogens is 457 g/mol. The second-order valence-electron chi connectivity index (χ2n) is 5.67. The summed E-state index contributed by atoms with van der Waals surface area (Å²) in [5.74, 6) is 0.957. The standard InChI is InChI=1S/C17H24F2N4O2.HI/c1-2-20-17(22-10-9-21-15(24)12-7-8-12)23-11-13-5-3-4-6-14(13)25-16(18)19;/h3-6,12,16H,2,7-11H2,1H3,(H,21,24)(H2,20,22,23);1H. The molecule has 3 N–H and O–H groups in total. The summed E-state index contributed by atoms with van der Waals surface area (Å²) in [6.45, 7) is 0.957. The van der Waals surface area contributed by atoms with Crippen LogP contribution in [0.15, 0.2) is 29.3 Å². The highest BCUT2D eigenvalue weighted by Gasteiger charge is 2.28. The highest BCUT2D eigenvalue weighted by Crippen LogP contribution is 2.28. The Morgan fingerprint density at radius 3 is 2.58 bits per heavy atom. The highest BCUT2D eigenvalue weighted by atomic mass is 127. The second-order valence-corrected chi connectivity index (χ2v) is 5.67. The van der Waals surface area contributed by atoms with Gasteiger partial charge in [-0.25, -0.2) is 4.99 Å². The molecule has 1 aliphatic carbocycles. The van der Waals surface area contributed by atoms with Crippen molar-refractivity contribution in [2.75, 3.05) is 19.6 Å². The van der Waals surface area contributed by atoms with Gasteiger partial charge in [-0.2, -0.15) is 8.78 Å². The lowest BCUT2D eigenvalue weighted by atomic mass is 10.2. The van der Waals surface area contributed by atoms with Crippen molar-refractivity contribution in [3.8, 4) is 5.75 Å². The largest absolute Gasteiger partial charge is 0.434 e. The summed E-state index contributed by atoms with van der Waals surface area (Å²) >= 11 is 0. The van der Waals surface area contributed by atoms with Gasteiger partial charge in [-0.1, -0.05) is 18.2 Å². The highest BCUT2D eigenvalue weighted by molar-refractivity contribution is 14.0. The molecule has 2 rings (SSSR count). The van der Waals surface area contributed by atoms with Crippen LogP contribution in [0.1, 0.15) is 25.3 Å². The third-order valence-corrected chi connectivity index (χ3v) is 3.61. The number of aliphatic imine (C=N–C) groups is 1. The maximum Gasteiger partial charge on any atom is 0.387 e. The molecule has 1 amide bonds. The Labute approximate surface area is 169 Å². The first-order valence-corrected chi connectivity index (χ1v) is 8.42. The normalized spacial score (nSPS) is 13.8. The van der Waals surface area contributed by atoms with Crippen molar-refractivity contribution in [1.82, 2.24) is 16.0 Å². The lowest BCUT2D eigenvalue weighted by molar-refractivity contribution is -0.122. The van der Waals surface area contributed by atoms with Crippen molar-refractivity contribution >= 4 is 35.8 Å². The van der Waals surface area contributed by atoms with Gasteiger partial charge < -0.3 is 20.7 Å². The van der Waals surface area contributed by atoms with E-state index in [2.05, 4.69) is 25.7 Å². The number of halogens is 3. The smallest absolute Gasteiger partial charge is 0.387 e. The fourth-order valence-corrected chi connectivity index (χ4v) is 2.21. The fourth-order valence-electron chi connectivity index (χ4n) is 2.21. The van der Waals surface area contributed by atoms with Crippen molar-refractivity contribution in [2.24, 2.45) is 10.9 Å². The van der Waals surface area contributed by atoms with E-state index < -0.39 is 6.61 Å². The van der Waals surface area contributed by atoms with E-state index >= 15 is 0 Å². The van der Waals surface area contributed by atoms with Crippen LogP contribution in [0.4, 0.5) is 8.78 Å². The molecular formula is C17H25F2IN4O2. The van der Waals surface area contributed by atoms with E-state index in [1.807, 2.05) is 6.92 Å². The number of carbonyl (C=O) groups is 1. The van der Waals surface area contributed by atoms with Crippen LogP contribution in [0.3, 0.4) is 0 Å². The minimum Gasteiger partial charge on any atom is -0.434 e. The second kappa shape index (κ2) is 11.9. The van der Waals surface area contributed by atoms with E-state index in [0.717, 1.165) is 12.8 Å². The molecule has 1 aromatic rings. The van der Waals surface area contributed by atoms with Crippen LogP contribution in [0, 0.1) is 5.92 Å². The summed E-state index contributed by atoms with van der Waals surface area (Å²) in [5.41, 5.74) is 0.571. The van der Waals surface area contributed by atoms with Crippen LogP contribution in [0.5, 0.6) is 5.75 Å². The number of rotatable bonds is 9. The number of nitrogens with zero attached hydrogens (tertiary/aromatic N) is 1. The number of carbonyl (C=O) groups excluding carboxylic acids is 1. The van der Waals surface area contributed by atoms with E-state index in [0.29, 0.717) is 31.2 Å². The molecule has 1 fully saturated rings. The predicted octanol–water partition coefficient (Wildman–Crippen LogP) is 2.49. The number of para-hydroxylation sites is 1. The Hall–Kier alpha value is -1.65. The first kappa shape index (κ1) is 22.4. The number of alkyl halides is 2. The monoisotopic (exact) mass is 482 g/mol. The molecule has 9 heteroatoms. The van der Waals surface area contributed by atoms with Gasteiger partial charge in [0.25, 0.3) is 0 Å². The van der Waals surface area contributed by atoms with Gasteiger partial charge in [0.2, 0.25) is 5.91 Å². The van der Waals surface area contributed by atoms with Gasteiger partial charge in [0, 0.05) is 31.1 Å². The summed E-state index contributed by atoms with van der Waals surface area (Å²) in [6, 6.07) is 6.57. The summed E-state index contributed by atoms with van der Waals surface area (Å²) in [5, 5.41) is 9.03. The van der Waals surface area contributed by atoms with Crippen LogP contribution in [0.2, 0.25) is 0 Å². The molecule has 0 bridgehead atoms. The molecule has 146 valence electrons. The lowest BCUT2D eigenvalue weighted by Gasteiger charge is -2.13. The van der Waals surface area contributed by atoms with Gasteiger partial charge in [-0.3, -0.25) is 4.79 Å². The summed E-state index contributed by atoms with van der Waals surface area (Å²) in [7, 11) is 0. The van der Waals surface area contributed by atoms with Gasteiger partial charge in [-0.05, 0) is 25.8 Å². The van der Waals surface area contributed by atoms with Gasteiger partial charge in [0.05, 0.1) is 6.54 Å². The predicted molar refractivity (Wildman–Crippen MR) is 107 cm³/mol. The van der Waals surface area contributed by atoms with Crippen LogP contribution >= 0.6 is 24.0 Å². The van der Waals surface area contributed by atoms with Crippen molar-refractivity contribution in [3.05, 3.63) is 29.8 Å². The molecule has 1 saturated carbocycles. The van der Waals surface area contributed by atoms with Crippen molar-refractivity contribution in [1.29, 1.82) is 0 Å². The molecule has 26 heavy (non-hydrogen) atoms. The van der Waals surface area contributed by atoms with Crippen LogP contribution in [0.25, 0.3) is 0 Å². The van der Waals surface area contributed by atoms with Crippen LogP contribution < -0.4 is 20.7 Å². The maximum absolute atomic E-state index is 12.4. The molecule has 6 nitrogen and oxygen atoms in total. The summed E-state index contributed by atoms with van der Waals surface area (Å²) in [6.07, 6.45) is 1.95. The maximum atomic E-state index is 12.4. The zero-order valence-electron chi connectivity index (χ0n) is 14.6. The first-order chi connectivity index (χ1) is 12.1. The Morgan fingerprint density at radius 1 is 1.23 bits per heavy atom. The molecule has 0 aromatic heterocycles. The Morgan fingerprint density at radius 2 is 1.92 bits per heavy atom. The lowest BCUT2D eigenvalue weighted by Crippen LogP contribution is -2.41. The van der Waals surface area contributed by atoms with E-state index in [4.69, 9.17) is 0 Å². The van der Waals surface area contributed by atoms with Gasteiger partial charge in [0.15, 0.2) is 5.96 Å². The average molecular weight is 482 g/mol. The minimum absolute atomic E-state index is 0. The Kier molecular flexibility index (Phi) is 10.2. The van der Waals surface area contributed by atoms with Gasteiger partial charge in [-0.15, -0.1) is 24.0 Å². The zero-order chi connectivity index (χ0) is 18.1. The number of amides is 1. The van der Waals surface area contributed by atoms with Gasteiger partial charge >= 0.3 is 6.61 Å². The molecule has 1 aliphatic rings. The number of hydrogen-bond acceptors (Lipinski definition) is 3. The third kappa shape index (κ3) is 8.15. The number of hydrogen-bond donors (Lipinski definition) is 3. The van der Waals surface area contributed by atoms with E-state index in [1.165, 1.54) is 6.07 Å².